The van der Waals surface area contributed by atoms with E-state index in [0.717, 1.165) is 90.0 Å². The van der Waals surface area contributed by atoms with E-state index in [0.29, 0.717) is 11.6 Å². The fourth-order valence-electron chi connectivity index (χ4n) is 8.65. The van der Waals surface area contributed by atoms with E-state index in [1.165, 1.54) is 16.7 Å². The van der Waals surface area contributed by atoms with E-state index in [1.54, 1.807) is 4.40 Å². The van der Waals surface area contributed by atoms with Crippen LogP contribution in [-0.2, 0) is 31.9 Å². The number of imidazole rings is 1. The van der Waals surface area contributed by atoms with Crippen molar-refractivity contribution in [3.63, 3.8) is 0 Å². The second-order valence-electron chi connectivity index (χ2n) is 19.4. The Labute approximate surface area is 399 Å². The molecule has 5 aromatic heterocycles. The van der Waals surface area contributed by atoms with E-state index in [1.807, 2.05) is 43.3 Å². The molecule has 0 amide bonds. The summed E-state index contributed by atoms with van der Waals surface area (Å²) in [6.07, 6.45) is 3.28. The number of pyridine rings is 3. The number of nitrogens with zero attached hydrogens (tertiary/aromatic N) is 5. The van der Waals surface area contributed by atoms with Crippen LogP contribution in [0.25, 0.3) is 83.5 Å². The molecule has 0 aliphatic heterocycles. The number of hydrogen-bond donors (Lipinski definition) is 0. The molecule has 0 fully saturated rings. The van der Waals surface area contributed by atoms with Crippen molar-refractivity contribution >= 4 is 61.7 Å². The van der Waals surface area contributed by atoms with Crippen molar-refractivity contribution in [3.8, 4) is 39.5 Å². The molecular formula is C57H55GeIrN5O-2. The largest absolute Gasteiger partial charge is 0 e. The van der Waals surface area contributed by atoms with Crippen LogP contribution in [0.1, 0.15) is 57.1 Å². The molecule has 0 saturated heterocycles. The molecule has 329 valence electrons. The number of aryl methyl sites for hydroxylation is 2. The SMILES string of the molecule is Cc1ccc2c(ccc3nc(-c4[c-]ccc5c4oc4nc(C(C)(C)C)ccc45)n(-c4ccc(-c5ccccc5)cc4)c32)n1.Cc1ccc[c-]c1-c1cc(CC(C)C)[c]([Ge]([CH3])([CH3])[CH3])cn1.[Ir]. The van der Waals surface area contributed by atoms with Gasteiger partial charge in [0.25, 0.3) is 0 Å². The maximum absolute atomic E-state index is 6.53. The van der Waals surface area contributed by atoms with E-state index in [9.17, 15) is 0 Å². The third kappa shape index (κ3) is 9.25. The fourth-order valence-corrected chi connectivity index (χ4v) is 12.0. The van der Waals surface area contributed by atoms with Crippen LogP contribution >= 0.6 is 0 Å². The summed E-state index contributed by atoms with van der Waals surface area (Å²) in [6.45, 7) is 15.2. The first-order valence-corrected chi connectivity index (χ1v) is 29.6. The van der Waals surface area contributed by atoms with Gasteiger partial charge in [-0.1, -0.05) is 74.2 Å². The van der Waals surface area contributed by atoms with Gasteiger partial charge in [0.2, 0.25) is 5.71 Å². The summed E-state index contributed by atoms with van der Waals surface area (Å²) >= 11 is -1.87. The summed E-state index contributed by atoms with van der Waals surface area (Å²) < 4.78 is 10.3. The molecule has 10 aromatic rings. The maximum Gasteiger partial charge on any atom is 0 e. The number of fused-ring (bicyclic) bond motifs is 6. The molecule has 5 aromatic carbocycles. The molecule has 0 N–H and O–H groups in total. The van der Waals surface area contributed by atoms with Gasteiger partial charge in [0, 0.05) is 53.4 Å². The van der Waals surface area contributed by atoms with Gasteiger partial charge in [-0.25, -0.2) is 4.98 Å². The predicted octanol–water partition coefficient (Wildman–Crippen LogP) is 14.2. The van der Waals surface area contributed by atoms with Gasteiger partial charge >= 0.3 is 132 Å². The van der Waals surface area contributed by atoms with Crippen LogP contribution in [0.15, 0.2) is 138 Å². The first-order chi connectivity index (χ1) is 30.6. The van der Waals surface area contributed by atoms with Crippen molar-refractivity contribution in [1.29, 1.82) is 0 Å². The molecular weight excluding hydrogens is 1040 g/mol. The Morgan fingerprint density at radius 2 is 1.40 bits per heavy atom. The molecule has 1 radical (unpaired) electrons. The van der Waals surface area contributed by atoms with Gasteiger partial charge in [-0.15, -0.1) is 18.2 Å². The first kappa shape index (κ1) is 45.8. The van der Waals surface area contributed by atoms with Crippen molar-refractivity contribution in [2.45, 2.75) is 77.6 Å². The molecule has 5 heterocycles. The second kappa shape index (κ2) is 18.3. The number of benzene rings is 5. The van der Waals surface area contributed by atoms with E-state index in [4.69, 9.17) is 24.4 Å². The number of furan rings is 1. The minimum Gasteiger partial charge on any atom is 0 e. The summed E-state index contributed by atoms with van der Waals surface area (Å²) in [5.74, 6) is 8.77. The minimum absolute atomic E-state index is 0. The van der Waals surface area contributed by atoms with Gasteiger partial charge in [0.15, 0.2) is 0 Å². The van der Waals surface area contributed by atoms with Gasteiger partial charge < -0.3 is 8.98 Å². The van der Waals surface area contributed by atoms with Crippen molar-refractivity contribution in [2.24, 2.45) is 5.92 Å². The van der Waals surface area contributed by atoms with E-state index in [2.05, 4.69) is 173 Å². The quantitative estimate of drug-likeness (QED) is 0.117. The summed E-state index contributed by atoms with van der Waals surface area (Å²) in [5.41, 5.74) is 15.1. The average molecular weight is 1090 g/mol. The average Bonchev–Trinajstić information content (AvgIpc) is 3.85. The molecule has 0 spiro atoms. The molecule has 0 aliphatic rings. The molecule has 8 heteroatoms. The molecule has 6 nitrogen and oxygen atoms in total. The second-order valence-corrected chi connectivity index (χ2v) is 30.0. The monoisotopic (exact) mass is 1090 g/mol. The van der Waals surface area contributed by atoms with Crippen LogP contribution in [0.5, 0.6) is 0 Å². The summed E-state index contributed by atoms with van der Waals surface area (Å²) in [5, 5.41) is 3.03. The molecule has 0 bridgehead atoms. The molecule has 65 heavy (non-hydrogen) atoms. The zero-order chi connectivity index (χ0) is 44.9. The Balaban J connectivity index is 0.000000222. The third-order valence-electron chi connectivity index (χ3n) is 11.9. The Morgan fingerprint density at radius 3 is 2.11 bits per heavy atom. The van der Waals surface area contributed by atoms with Crippen LogP contribution < -0.4 is 4.40 Å². The summed E-state index contributed by atoms with van der Waals surface area (Å²) in [7, 11) is 0. The van der Waals surface area contributed by atoms with E-state index >= 15 is 0 Å². The van der Waals surface area contributed by atoms with Crippen molar-refractivity contribution in [1.82, 2.24) is 24.5 Å². The molecule has 10 rings (SSSR count). The number of hydrogen-bond acceptors (Lipinski definition) is 5. The standard InChI is InChI=1S/C38H29N4O.C19H26GeN.Ir/c1-23-13-18-29-31(39-23)20-21-32-34(29)42(26-16-14-25(15-17-26)24-9-6-5-7-10-24)36(40-32)30-12-8-11-27-28-19-22-33(38(2,3)4)41-37(28)43-35(27)30;1-14(2)11-16-12-19(17-10-8-7-9-15(17)3)21-13-18(16)20(4,5)6;/h5-11,13-22H,1-4H3;7-9,12-14H,11H2,1-6H3;/q2*-1;. The predicted molar refractivity (Wildman–Crippen MR) is 269 cm³/mol. The Bertz CT molecular complexity index is 3320. The Hall–Kier alpha value is -5.73. The van der Waals surface area contributed by atoms with E-state index in [-0.39, 0.29) is 25.5 Å². The van der Waals surface area contributed by atoms with Gasteiger partial charge in [-0.05, 0) is 66.6 Å². The minimum atomic E-state index is -1.87. The first-order valence-electron chi connectivity index (χ1n) is 22.3. The van der Waals surface area contributed by atoms with Gasteiger partial charge in [0.1, 0.15) is 0 Å². The van der Waals surface area contributed by atoms with Crippen LogP contribution in [0.2, 0.25) is 17.3 Å². The normalized spacial score (nSPS) is 11.9. The van der Waals surface area contributed by atoms with E-state index < -0.39 is 13.3 Å². The summed E-state index contributed by atoms with van der Waals surface area (Å²) in [4.78, 5) is 19.7. The summed E-state index contributed by atoms with van der Waals surface area (Å²) in [6, 6.07) is 50.9. The fraction of sp³-hybridized carbons (Fsp3) is 0.228. The smallest absolute Gasteiger partial charge is 0 e. The van der Waals surface area contributed by atoms with Crippen LogP contribution in [0.3, 0.4) is 0 Å². The molecule has 0 atom stereocenters. The van der Waals surface area contributed by atoms with Gasteiger partial charge in [-0.3, -0.25) is 9.97 Å². The van der Waals surface area contributed by atoms with Crippen molar-refractivity contribution < 1.29 is 24.5 Å². The van der Waals surface area contributed by atoms with Gasteiger partial charge in [0.05, 0.1) is 28.0 Å². The number of aromatic nitrogens is 5. The topological polar surface area (TPSA) is 69.6 Å². The zero-order valence-corrected chi connectivity index (χ0v) is 43.5. The molecule has 0 aliphatic carbocycles. The van der Waals surface area contributed by atoms with Gasteiger partial charge in [-0.2, -0.15) is 0 Å². The Kier molecular flexibility index (Phi) is 12.9. The zero-order valence-electron chi connectivity index (χ0n) is 39.0. The molecule has 0 unspecified atom stereocenters. The Morgan fingerprint density at radius 1 is 0.692 bits per heavy atom. The van der Waals surface area contributed by atoms with Crippen molar-refractivity contribution in [3.05, 3.63) is 168 Å². The van der Waals surface area contributed by atoms with Crippen LogP contribution in [0.4, 0.5) is 0 Å². The van der Waals surface area contributed by atoms with Crippen molar-refractivity contribution in [2.75, 3.05) is 0 Å². The van der Waals surface area contributed by atoms with Crippen LogP contribution in [-0.4, -0.2) is 37.8 Å². The van der Waals surface area contributed by atoms with Crippen LogP contribution in [0, 0.1) is 31.9 Å². The third-order valence-corrected chi connectivity index (χ3v) is 16.2. The molecule has 0 saturated carbocycles. The number of rotatable bonds is 7. The maximum atomic E-state index is 6.53.